The van der Waals surface area contributed by atoms with Crippen LogP contribution < -0.4 is 10.1 Å². The number of aromatic nitrogens is 1. The minimum Gasteiger partial charge on any atom is -0.439 e. The second kappa shape index (κ2) is 6.24. The van der Waals surface area contributed by atoms with E-state index < -0.39 is 9.84 Å². The van der Waals surface area contributed by atoms with E-state index in [1.54, 1.807) is 18.2 Å². The third-order valence-corrected chi connectivity index (χ3v) is 4.10. The van der Waals surface area contributed by atoms with E-state index in [2.05, 4.69) is 10.3 Å². The molecule has 0 bridgehead atoms. The maximum Gasteiger partial charge on any atom is 0.219 e. The van der Waals surface area contributed by atoms with Crippen molar-refractivity contribution in [1.82, 2.24) is 10.3 Å². The molecule has 1 N–H and O–H groups in total. The Morgan fingerprint density at radius 2 is 2.00 bits per heavy atom. The van der Waals surface area contributed by atoms with Crippen molar-refractivity contribution in [3.63, 3.8) is 0 Å². The van der Waals surface area contributed by atoms with Gasteiger partial charge < -0.3 is 10.1 Å². The van der Waals surface area contributed by atoms with Gasteiger partial charge in [0.05, 0.1) is 4.90 Å². The van der Waals surface area contributed by atoms with Gasteiger partial charge in [0, 0.05) is 24.6 Å². The van der Waals surface area contributed by atoms with E-state index in [0.717, 1.165) is 17.8 Å². The fourth-order valence-electron chi connectivity index (χ4n) is 1.89. The van der Waals surface area contributed by atoms with Crippen LogP contribution in [0, 0.1) is 6.92 Å². The summed E-state index contributed by atoms with van der Waals surface area (Å²) < 4.78 is 28.7. The van der Waals surface area contributed by atoms with Gasteiger partial charge in [0.2, 0.25) is 5.88 Å². The highest BCUT2D eigenvalue weighted by atomic mass is 32.2. The van der Waals surface area contributed by atoms with Crippen LogP contribution in [0.5, 0.6) is 11.6 Å². The first-order chi connectivity index (χ1) is 9.90. The Kier molecular flexibility index (Phi) is 4.59. The maximum atomic E-state index is 11.5. The van der Waals surface area contributed by atoms with Gasteiger partial charge in [-0.1, -0.05) is 12.1 Å². The van der Waals surface area contributed by atoms with Gasteiger partial charge in [-0.05, 0) is 37.7 Å². The van der Waals surface area contributed by atoms with Crippen molar-refractivity contribution in [3.05, 3.63) is 47.7 Å². The Hall–Kier alpha value is -1.92. The predicted molar refractivity (Wildman–Crippen MR) is 81.4 cm³/mol. The molecule has 21 heavy (non-hydrogen) atoms. The van der Waals surface area contributed by atoms with Gasteiger partial charge >= 0.3 is 0 Å². The van der Waals surface area contributed by atoms with Crippen molar-refractivity contribution >= 4 is 9.84 Å². The van der Waals surface area contributed by atoms with Crippen LogP contribution in [-0.2, 0) is 16.4 Å². The molecule has 0 aliphatic carbocycles. The van der Waals surface area contributed by atoms with Crippen LogP contribution in [0.3, 0.4) is 0 Å². The number of hydrogen-bond donors (Lipinski definition) is 1. The van der Waals surface area contributed by atoms with E-state index in [9.17, 15) is 8.42 Å². The molecule has 0 saturated carbocycles. The first kappa shape index (κ1) is 15.5. The molecular weight excluding hydrogens is 288 g/mol. The molecule has 0 spiro atoms. The molecule has 6 heteroatoms. The van der Waals surface area contributed by atoms with E-state index in [-0.39, 0.29) is 4.90 Å². The second-order valence-corrected chi connectivity index (χ2v) is 6.79. The zero-order valence-corrected chi connectivity index (χ0v) is 13.1. The molecule has 0 fully saturated rings. The molecule has 0 atom stereocenters. The van der Waals surface area contributed by atoms with E-state index >= 15 is 0 Å². The number of rotatable bonds is 5. The van der Waals surface area contributed by atoms with Gasteiger partial charge in [-0.25, -0.2) is 13.4 Å². The lowest BCUT2D eigenvalue weighted by molar-refractivity contribution is 0.459. The van der Waals surface area contributed by atoms with Crippen molar-refractivity contribution in [2.75, 3.05) is 13.3 Å². The fourth-order valence-corrected chi connectivity index (χ4v) is 2.55. The van der Waals surface area contributed by atoms with Crippen LogP contribution in [0.4, 0.5) is 0 Å². The zero-order valence-electron chi connectivity index (χ0n) is 12.3. The van der Waals surface area contributed by atoms with Gasteiger partial charge in [0.15, 0.2) is 9.84 Å². The minimum atomic E-state index is -3.25. The Morgan fingerprint density at radius 3 is 2.62 bits per heavy atom. The standard InChI is InChI=1S/C15H18N2O3S/c1-11-12(10-16-2)7-8-15(17-11)20-13-5-4-6-14(9-13)21(3,18)19/h4-9,16H,10H2,1-3H3. The molecule has 112 valence electrons. The summed E-state index contributed by atoms with van der Waals surface area (Å²) in [7, 11) is -1.37. The molecule has 1 heterocycles. The summed E-state index contributed by atoms with van der Waals surface area (Å²) in [6, 6.07) is 10.1. The molecule has 2 aromatic rings. The van der Waals surface area contributed by atoms with Crippen LogP contribution in [0.15, 0.2) is 41.3 Å². The summed E-state index contributed by atoms with van der Waals surface area (Å²) in [5.41, 5.74) is 1.97. The highest BCUT2D eigenvalue weighted by Gasteiger charge is 2.09. The van der Waals surface area contributed by atoms with Gasteiger partial charge in [-0.2, -0.15) is 0 Å². The highest BCUT2D eigenvalue weighted by Crippen LogP contribution is 2.23. The Balaban J connectivity index is 2.24. The number of hydrogen-bond acceptors (Lipinski definition) is 5. The Bertz CT molecular complexity index is 742. The minimum absolute atomic E-state index is 0.225. The van der Waals surface area contributed by atoms with Crippen molar-refractivity contribution in [2.45, 2.75) is 18.4 Å². The van der Waals surface area contributed by atoms with Crippen LogP contribution in [0.1, 0.15) is 11.3 Å². The largest absolute Gasteiger partial charge is 0.439 e. The van der Waals surface area contributed by atoms with Gasteiger partial charge in [-0.15, -0.1) is 0 Å². The highest BCUT2D eigenvalue weighted by molar-refractivity contribution is 7.90. The average molecular weight is 306 g/mol. The fraction of sp³-hybridized carbons (Fsp3) is 0.267. The molecule has 0 unspecified atom stereocenters. The molecule has 1 aromatic heterocycles. The molecule has 0 radical (unpaired) electrons. The molecule has 5 nitrogen and oxygen atoms in total. The third kappa shape index (κ3) is 4.03. The van der Waals surface area contributed by atoms with Crippen LogP contribution >= 0.6 is 0 Å². The number of benzene rings is 1. The lowest BCUT2D eigenvalue weighted by atomic mass is 10.2. The molecule has 2 rings (SSSR count). The number of aryl methyl sites for hydroxylation is 1. The first-order valence-corrected chi connectivity index (χ1v) is 8.38. The topological polar surface area (TPSA) is 68.3 Å². The van der Waals surface area contributed by atoms with Gasteiger partial charge in [-0.3, -0.25) is 0 Å². The molecule has 1 aromatic carbocycles. The number of nitrogens with one attached hydrogen (secondary N) is 1. The summed E-state index contributed by atoms with van der Waals surface area (Å²) in [6.45, 7) is 2.65. The van der Waals surface area contributed by atoms with E-state index in [1.165, 1.54) is 18.4 Å². The van der Waals surface area contributed by atoms with Gasteiger partial charge in [0.25, 0.3) is 0 Å². The third-order valence-electron chi connectivity index (χ3n) is 2.99. The SMILES string of the molecule is CNCc1ccc(Oc2cccc(S(C)(=O)=O)c2)nc1C. The Labute approximate surface area is 124 Å². The Morgan fingerprint density at radius 1 is 1.24 bits per heavy atom. The quantitative estimate of drug-likeness (QED) is 0.918. The number of sulfone groups is 1. The number of nitrogens with zero attached hydrogens (tertiary/aromatic N) is 1. The second-order valence-electron chi connectivity index (χ2n) is 4.77. The van der Waals surface area contributed by atoms with Crippen LogP contribution in [0.25, 0.3) is 0 Å². The smallest absolute Gasteiger partial charge is 0.219 e. The lowest BCUT2D eigenvalue weighted by Crippen LogP contribution is -2.07. The summed E-state index contributed by atoms with van der Waals surface area (Å²) in [5, 5.41) is 3.07. The van der Waals surface area contributed by atoms with Crippen molar-refractivity contribution in [1.29, 1.82) is 0 Å². The first-order valence-electron chi connectivity index (χ1n) is 6.49. The van der Waals surface area contributed by atoms with Crippen molar-refractivity contribution in [3.8, 4) is 11.6 Å². The average Bonchev–Trinajstić information content (AvgIpc) is 2.41. The normalized spacial score (nSPS) is 11.4. The summed E-state index contributed by atoms with van der Waals surface area (Å²) in [6.07, 6.45) is 1.17. The summed E-state index contributed by atoms with van der Waals surface area (Å²) in [5.74, 6) is 0.893. The number of pyridine rings is 1. The van der Waals surface area contributed by atoms with Crippen LogP contribution in [0.2, 0.25) is 0 Å². The van der Waals surface area contributed by atoms with Gasteiger partial charge in [0.1, 0.15) is 5.75 Å². The zero-order chi connectivity index (χ0) is 15.5. The van der Waals surface area contributed by atoms with Crippen molar-refractivity contribution in [2.24, 2.45) is 0 Å². The maximum absolute atomic E-state index is 11.5. The van der Waals surface area contributed by atoms with E-state index in [0.29, 0.717) is 11.6 Å². The molecular formula is C15H18N2O3S. The lowest BCUT2D eigenvalue weighted by Gasteiger charge is -2.09. The molecule has 0 saturated heterocycles. The monoisotopic (exact) mass is 306 g/mol. The summed E-state index contributed by atoms with van der Waals surface area (Å²) >= 11 is 0. The van der Waals surface area contributed by atoms with Crippen LogP contribution in [-0.4, -0.2) is 26.7 Å². The van der Waals surface area contributed by atoms with E-state index in [4.69, 9.17) is 4.74 Å². The molecule has 0 amide bonds. The van der Waals surface area contributed by atoms with E-state index in [1.807, 2.05) is 20.0 Å². The summed E-state index contributed by atoms with van der Waals surface area (Å²) in [4.78, 5) is 4.59. The molecule has 0 aliphatic rings. The van der Waals surface area contributed by atoms with Crippen molar-refractivity contribution < 1.29 is 13.2 Å². The number of ether oxygens (including phenoxy) is 1. The predicted octanol–water partition coefficient (Wildman–Crippen LogP) is 2.31. The molecule has 0 aliphatic heterocycles.